The predicted octanol–water partition coefficient (Wildman–Crippen LogP) is 2.62. The Bertz CT molecular complexity index is 309. The highest BCUT2D eigenvalue weighted by Gasteiger charge is 2.42. The van der Waals surface area contributed by atoms with Crippen molar-refractivity contribution in [3.8, 4) is 0 Å². The highest BCUT2D eigenvalue weighted by molar-refractivity contribution is 6.74. The Hall–Kier alpha value is -0.393. The van der Waals surface area contributed by atoms with Crippen molar-refractivity contribution in [2.45, 2.75) is 70.4 Å². The van der Waals surface area contributed by atoms with Crippen molar-refractivity contribution >= 4 is 14.3 Å². The van der Waals surface area contributed by atoms with E-state index in [2.05, 4.69) is 33.9 Å². The van der Waals surface area contributed by atoms with Gasteiger partial charge < -0.3 is 14.6 Å². The minimum absolute atomic E-state index is 0.105. The summed E-state index contributed by atoms with van der Waals surface area (Å²) in [4.78, 5) is 11.1. The standard InChI is InChI=1S/C13H26O4Si/c1-13(2,3)18(4,5)17-11-7-9(12(15)16)6-10(14)8-11/h9-11,14H,6-8H2,1-5H3,(H,15,16)/t9-,10+,11-/m1/s1. The molecule has 0 heterocycles. The Morgan fingerprint density at radius 2 is 1.78 bits per heavy atom. The number of carboxylic acid groups (broad SMARTS) is 1. The number of hydrogen-bond donors (Lipinski definition) is 2. The Labute approximate surface area is 110 Å². The molecule has 0 aromatic carbocycles. The van der Waals surface area contributed by atoms with Gasteiger partial charge in [0.1, 0.15) is 0 Å². The van der Waals surface area contributed by atoms with Crippen LogP contribution in [0.1, 0.15) is 40.0 Å². The zero-order valence-corrected chi connectivity index (χ0v) is 13.1. The summed E-state index contributed by atoms with van der Waals surface area (Å²) in [5, 5.41) is 19.0. The number of carbonyl (C=O) groups is 1. The third-order valence-electron chi connectivity index (χ3n) is 4.26. The third-order valence-corrected chi connectivity index (χ3v) is 8.79. The van der Waals surface area contributed by atoms with Crippen molar-refractivity contribution < 1.29 is 19.4 Å². The lowest BCUT2D eigenvalue weighted by atomic mass is 9.85. The molecule has 18 heavy (non-hydrogen) atoms. The Morgan fingerprint density at radius 3 is 2.22 bits per heavy atom. The van der Waals surface area contributed by atoms with Gasteiger partial charge in [-0.1, -0.05) is 20.8 Å². The molecule has 0 amide bonds. The number of carboxylic acids is 1. The maximum absolute atomic E-state index is 11.1. The normalized spacial score (nSPS) is 30.2. The van der Waals surface area contributed by atoms with Crippen LogP contribution in [0, 0.1) is 5.92 Å². The van der Waals surface area contributed by atoms with E-state index in [1.165, 1.54) is 0 Å². The zero-order chi connectivity index (χ0) is 14.1. The van der Waals surface area contributed by atoms with Crippen LogP contribution in [0.4, 0.5) is 0 Å². The van der Waals surface area contributed by atoms with E-state index in [0.29, 0.717) is 19.3 Å². The van der Waals surface area contributed by atoms with Crippen LogP contribution >= 0.6 is 0 Å². The number of aliphatic carboxylic acids is 1. The van der Waals surface area contributed by atoms with Crippen LogP contribution in [0.25, 0.3) is 0 Å². The van der Waals surface area contributed by atoms with Crippen LogP contribution in [0.3, 0.4) is 0 Å². The van der Waals surface area contributed by atoms with E-state index in [9.17, 15) is 9.90 Å². The van der Waals surface area contributed by atoms with Gasteiger partial charge in [-0.25, -0.2) is 0 Å². The first-order valence-electron chi connectivity index (χ1n) is 6.61. The predicted molar refractivity (Wildman–Crippen MR) is 73.1 cm³/mol. The van der Waals surface area contributed by atoms with Gasteiger partial charge in [0.05, 0.1) is 12.0 Å². The second kappa shape index (κ2) is 5.31. The molecule has 106 valence electrons. The molecule has 1 rings (SSSR count). The molecule has 0 spiro atoms. The zero-order valence-electron chi connectivity index (χ0n) is 12.1. The maximum Gasteiger partial charge on any atom is 0.306 e. The van der Waals surface area contributed by atoms with Crippen LogP contribution in [-0.2, 0) is 9.22 Å². The first-order chi connectivity index (χ1) is 8.03. The molecular weight excluding hydrogens is 248 g/mol. The van der Waals surface area contributed by atoms with Crippen LogP contribution in [0.5, 0.6) is 0 Å². The summed E-state index contributed by atoms with van der Waals surface area (Å²) in [5.41, 5.74) is 0. The smallest absolute Gasteiger partial charge is 0.306 e. The molecule has 0 unspecified atom stereocenters. The average Bonchev–Trinajstić information content (AvgIpc) is 2.13. The van der Waals surface area contributed by atoms with Gasteiger partial charge in [0.25, 0.3) is 0 Å². The van der Waals surface area contributed by atoms with E-state index in [1.807, 2.05) is 0 Å². The lowest BCUT2D eigenvalue weighted by Gasteiger charge is -2.42. The van der Waals surface area contributed by atoms with Gasteiger partial charge in [0, 0.05) is 6.10 Å². The van der Waals surface area contributed by atoms with Crippen molar-refractivity contribution in [1.82, 2.24) is 0 Å². The molecule has 0 aromatic rings. The van der Waals surface area contributed by atoms with E-state index in [-0.39, 0.29) is 11.1 Å². The highest BCUT2D eigenvalue weighted by Crippen LogP contribution is 2.39. The fraction of sp³-hybridized carbons (Fsp3) is 0.923. The number of rotatable bonds is 3. The van der Waals surface area contributed by atoms with Gasteiger partial charge in [0.15, 0.2) is 8.32 Å². The molecule has 5 heteroatoms. The molecule has 1 aliphatic carbocycles. The lowest BCUT2D eigenvalue weighted by molar-refractivity contribution is -0.146. The van der Waals surface area contributed by atoms with Gasteiger partial charge in [0.2, 0.25) is 0 Å². The largest absolute Gasteiger partial charge is 0.481 e. The molecule has 0 aliphatic heterocycles. The quantitative estimate of drug-likeness (QED) is 0.776. The summed E-state index contributed by atoms with van der Waals surface area (Å²) >= 11 is 0. The average molecular weight is 274 g/mol. The second-order valence-electron chi connectivity index (χ2n) is 6.90. The third kappa shape index (κ3) is 3.80. The number of aliphatic hydroxyl groups is 1. The highest BCUT2D eigenvalue weighted by atomic mass is 28.4. The topological polar surface area (TPSA) is 66.8 Å². The molecule has 1 saturated carbocycles. The van der Waals surface area contributed by atoms with Crippen molar-refractivity contribution in [3.05, 3.63) is 0 Å². The van der Waals surface area contributed by atoms with E-state index >= 15 is 0 Å². The van der Waals surface area contributed by atoms with E-state index in [1.54, 1.807) is 0 Å². The van der Waals surface area contributed by atoms with Crippen molar-refractivity contribution in [2.75, 3.05) is 0 Å². The minimum atomic E-state index is -1.89. The summed E-state index contributed by atoms with van der Waals surface area (Å²) in [5.74, 6) is -1.29. The molecular formula is C13H26O4Si. The van der Waals surface area contributed by atoms with Crippen LogP contribution in [0.2, 0.25) is 18.1 Å². The minimum Gasteiger partial charge on any atom is -0.481 e. The van der Waals surface area contributed by atoms with Crippen LogP contribution in [-0.4, -0.2) is 36.7 Å². The van der Waals surface area contributed by atoms with Gasteiger partial charge in [-0.2, -0.15) is 0 Å². The number of aliphatic hydroxyl groups excluding tert-OH is 1. The maximum atomic E-state index is 11.1. The Kier molecular flexibility index (Phi) is 4.62. The summed E-state index contributed by atoms with van der Waals surface area (Å²) in [7, 11) is -1.89. The molecule has 0 bridgehead atoms. The Morgan fingerprint density at radius 1 is 1.22 bits per heavy atom. The van der Waals surface area contributed by atoms with Crippen LogP contribution < -0.4 is 0 Å². The summed E-state index contributed by atoms with van der Waals surface area (Å²) < 4.78 is 6.21. The van der Waals surface area contributed by atoms with Crippen LogP contribution in [0.15, 0.2) is 0 Å². The van der Waals surface area contributed by atoms with Gasteiger partial charge >= 0.3 is 5.97 Å². The molecule has 2 N–H and O–H groups in total. The van der Waals surface area contributed by atoms with Crippen molar-refractivity contribution in [1.29, 1.82) is 0 Å². The molecule has 3 atom stereocenters. The summed E-state index contributed by atoms with van der Waals surface area (Å²) in [6.07, 6.45) is 0.785. The first kappa shape index (κ1) is 15.7. The molecule has 1 fully saturated rings. The number of hydrogen-bond acceptors (Lipinski definition) is 3. The van der Waals surface area contributed by atoms with E-state index in [0.717, 1.165) is 0 Å². The molecule has 0 radical (unpaired) electrons. The van der Waals surface area contributed by atoms with Crippen molar-refractivity contribution in [2.24, 2.45) is 5.92 Å². The molecule has 0 saturated heterocycles. The lowest BCUT2D eigenvalue weighted by Crippen LogP contribution is -2.47. The molecule has 1 aliphatic rings. The van der Waals surface area contributed by atoms with E-state index < -0.39 is 26.3 Å². The fourth-order valence-corrected chi connectivity index (χ4v) is 3.51. The van der Waals surface area contributed by atoms with Gasteiger partial charge in [-0.05, 0) is 37.4 Å². The summed E-state index contributed by atoms with van der Waals surface area (Å²) in [6.45, 7) is 10.8. The molecule has 4 nitrogen and oxygen atoms in total. The van der Waals surface area contributed by atoms with Crippen molar-refractivity contribution in [3.63, 3.8) is 0 Å². The second-order valence-corrected chi connectivity index (χ2v) is 11.7. The molecule has 0 aromatic heterocycles. The Balaban J connectivity index is 2.70. The van der Waals surface area contributed by atoms with E-state index in [4.69, 9.17) is 9.53 Å². The SMILES string of the molecule is CC(C)(C)[Si](C)(C)O[C@H]1C[C@@H](O)C[C@@H](C(=O)O)C1. The monoisotopic (exact) mass is 274 g/mol. The van der Waals surface area contributed by atoms with Gasteiger partial charge in [-0.15, -0.1) is 0 Å². The fourth-order valence-electron chi connectivity index (χ4n) is 2.13. The van der Waals surface area contributed by atoms with Gasteiger partial charge in [-0.3, -0.25) is 4.79 Å². The first-order valence-corrected chi connectivity index (χ1v) is 9.52. The summed E-state index contributed by atoms with van der Waals surface area (Å²) in [6, 6.07) is 0.